The Morgan fingerprint density at radius 2 is 0.837 bits per heavy atom. The van der Waals surface area contributed by atoms with Gasteiger partial charge in [-0.2, -0.15) is 0 Å². The van der Waals surface area contributed by atoms with Gasteiger partial charge in [0.1, 0.15) is 0 Å². The molecule has 3 nitrogen and oxygen atoms in total. The summed E-state index contributed by atoms with van der Waals surface area (Å²) in [5, 5.41) is 3.93. The smallest absolute Gasteiger partial charge is 0.0711 e. The molecule has 0 saturated heterocycles. The number of nitrogens with one attached hydrogen (secondary N) is 1. The molecule has 0 aliphatic heterocycles. The van der Waals surface area contributed by atoms with E-state index in [1.807, 2.05) is 0 Å². The van der Waals surface area contributed by atoms with Crippen molar-refractivity contribution in [1.29, 1.82) is 0 Å². The van der Waals surface area contributed by atoms with Crippen molar-refractivity contribution >= 4 is 0 Å². The molecular formula is C46H49N3. The first-order valence-electron chi connectivity index (χ1n) is 17.8. The van der Waals surface area contributed by atoms with Crippen LogP contribution in [0.4, 0.5) is 0 Å². The molecule has 0 aliphatic carbocycles. The summed E-state index contributed by atoms with van der Waals surface area (Å²) in [6.07, 6.45) is 1.83. The minimum atomic E-state index is 0.476. The van der Waals surface area contributed by atoms with Gasteiger partial charge in [-0.1, -0.05) is 148 Å². The summed E-state index contributed by atoms with van der Waals surface area (Å²) in [7, 11) is 0. The number of nitrogens with zero attached hydrogens (tertiary/aromatic N) is 2. The van der Waals surface area contributed by atoms with Gasteiger partial charge in [-0.15, -0.1) is 0 Å². The first-order chi connectivity index (χ1) is 23.7. The average Bonchev–Trinajstić information content (AvgIpc) is 3.10. The Balaban J connectivity index is 1.44. The first kappa shape index (κ1) is 34.0. The zero-order valence-electron chi connectivity index (χ0n) is 29.9. The van der Waals surface area contributed by atoms with Crippen LogP contribution in [-0.2, 0) is 25.9 Å². The molecular weight excluding hydrogens is 595 g/mol. The highest BCUT2D eigenvalue weighted by molar-refractivity contribution is 5.76. The summed E-state index contributed by atoms with van der Waals surface area (Å²) < 4.78 is 0. The number of aryl methyl sites for hydroxylation is 2. The normalized spacial score (nSPS) is 11.4. The molecule has 1 N–H and O–H groups in total. The highest BCUT2D eigenvalue weighted by atomic mass is 14.9. The monoisotopic (exact) mass is 643 g/mol. The number of hydrogen-bond donors (Lipinski definition) is 1. The molecule has 0 fully saturated rings. The Bertz CT molecular complexity index is 1830. The fraction of sp³-hybridized carbons (Fsp3) is 0.261. The fourth-order valence-electron chi connectivity index (χ4n) is 6.56. The lowest BCUT2D eigenvalue weighted by atomic mass is 9.91. The van der Waals surface area contributed by atoms with Crippen LogP contribution in [0.1, 0.15) is 61.3 Å². The maximum Gasteiger partial charge on any atom is 0.0711 e. The number of hydrogen-bond acceptors (Lipinski definition) is 3. The molecule has 0 aliphatic rings. The predicted octanol–water partition coefficient (Wildman–Crippen LogP) is 11.4. The molecule has 6 rings (SSSR count). The van der Waals surface area contributed by atoms with E-state index >= 15 is 0 Å². The summed E-state index contributed by atoms with van der Waals surface area (Å²) >= 11 is 0. The molecule has 4 aromatic carbocycles. The van der Waals surface area contributed by atoms with Crippen LogP contribution in [0.5, 0.6) is 0 Å². The van der Waals surface area contributed by atoms with E-state index in [9.17, 15) is 0 Å². The molecule has 0 atom stereocenters. The molecule has 0 saturated carbocycles. The van der Waals surface area contributed by atoms with E-state index in [1.165, 1.54) is 44.5 Å². The number of aromatic nitrogens is 2. The van der Waals surface area contributed by atoms with Crippen molar-refractivity contribution in [2.24, 2.45) is 11.8 Å². The van der Waals surface area contributed by atoms with Crippen LogP contribution >= 0.6 is 0 Å². The Hall–Kier alpha value is -4.86. The van der Waals surface area contributed by atoms with E-state index in [4.69, 9.17) is 9.97 Å². The van der Waals surface area contributed by atoms with Gasteiger partial charge in [0, 0.05) is 35.6 Å². The average molecular weight is 644 g/mol. The molecule has 6 aromatic rings. The van der Waals surface area contributed by atoms with E-state index < -0.39 is 0 Å². The summed E-state index contributed by atoms with van der Waals surface area (Å²) in [5.74, 6) is 0.951. The predicted molar refractivity (Wildman–Crippen MR) is 207 cm³/mol. The Morgan fingerprint density at radius 1 is 0.469 bits per heavy atom. The second kappa shape index (κ2) is 15.6. The third-order valence-corrected chi connectivity index (χ3v) is 9.09. The van der Waals surface area contributed by atoms with Gasteiger partial charge in [-0.05, 0) is 84.0 Å². The van der Waals surface area contributed by atoms with Crippen molar-refractivity contribution in [1.82, 2.24) is 15.3 Å². The summed E-state index contributed by atoms with van der Waals surface area (Å²) in [6.45, 7) is 14.9. The standard InChI is InChI=1S/C46H49N3/c1-31(2)25-45-41(39(35-21-17-33(5)18-22-35)27-43(48-45)37-13-9-7-10-14-37)29-47-30-42-40(36-23-19-34(6)20-24-36)28-44(38-15-11-8-12-16-38)49-46(42)26-32(3)4/h7-24,27-28,31-32,47H,25-26,29-30H2,1-6H3. The van der Waals surface area contributed by atoms with Crippen molar-refractivity contribution in [2.45, 2.75) is 67.5 Å². The van der Waals surface area contributed by atoms with Crippen LogP contribution in [-0.4, -0.2) is 9.97 Å². The van der Waals surface area contributed by atoms with Gasteiger partial charge in [0.2, 0.25) is 0 Å². The lowest BCUT2D eigenvalue weighted by Crippen LogP contribution is -2.19. The number of pyridine rings is 2. The molecule has 0 spiro atoms. The molecule has 49 heavy (non-hydrogen) atoms. The summed E-state index contributed by atoms with van der Waals surface area (Å²) in [4.78, 5) is 10.7. The van der Waals surface area contributed by atoms with Gasteiger partial charge in [-0.25, -0.2) is 0 Å². The highest BCUT2D eigenvalue weighted by Gasteiger charge is 2.19. The minimum Gasteiger partial charge on any atom is -0.308 e. The Kier molecular flexibility index (Phi) is 10.8. The SMILES string of the molecule is Cc1ccc(-c2cc(-c3ccccc3)nc(CC(C)C)c2CNCc2c(-c3ccc(C)cc3)cc(-c3ccccc3)nc2CC(C)C)cc1. The molecule has 3 heteroatoms. The lowest BCUT2D eigenvalue weighted by molar-refractivity contribution is 0.608. The molecule has 2 aromatic heterocycles. The molecule has 2 heterocycles. The zero-order valence-corrected chi connectivity index (χ0v) is 29.9. The molecule has 0 radical (unpaired) electrons. The van der Waals surface area contributed by atoms with Crippen LogP contribution < -0.4 is 5.32 Å². The van der Waals surface area contributed by atoms with Crippen molar-refractivity contribution in [3.63, 3.8) is 0 Å². The summed E-state index contributed by atoms with van der Waals surface area (Å²) in [6, 6.07) is 43.6. The van der Waals surface area contributed by atoms with Crippen LogP contribution in [0.2, 0.25) is 0 Å². The van der Waals surface area contributed by atoms with Crippen LogP contribution in [0.15, 0.2) is 121 Å². The van der Waals surface area contributed by atoms with Gasteiger partial charge < -0.3 is 5.32 Å². The minimum absolute atomic E-state index is 0.476. The Labute approximate surface area is 293 Å². The van der Waals surface area contributed by atoms with Gasteiger partial charge in [0.05, 0.1) is 11.4 Å². The van der Waals surface area contributed by atoms with E-state index in [1.54, 1.807) is 0 Å². The maximum absolute atomic E-state index is 5.34. The van der Waals surface area contributed by atoms with Crippen molar-refractivity contribution < 1.29 is 0 Å². The zero-order chi connectivity index (χ0) is 34.3. The molecule has 0 bridgehead atoms. The molecule has 248 valence electrons. The van der Waals surface area contributed by atoms with Gasteiger partial charge >= 0.3 is 0 Å². The largest absolute Gasteiger partial charge is 0.308 e. The van der Waals surface area contributed by atoms with Crippen LogP contribution in [0.3, 0.4) is 0 Å². The van der Waals surface area contributed by atoms with Gasteiger partial charge in [0.25, 0.3) is 0 Å². The van der Waals surface area contributed by atoms with Crippen LogP contribution in [0.25, 0.3) is 44.8 Å². The number of rotatable bonds is 12. The fourth-order valence-corrected chi connectivity index (χ4v) is 6.56. The number of benzene rings is 4. The second-order valence-corrected chi connectivity index (χ2v) is 14.2. The Morgan fingerprint density at radius 3 is 1.18 bits per heavy atom. The van der Waals surface area contributed by atoms with Crippen molar-refractivity contribution in [3.05, 3.63) is 155 Å². The first-order valence-corrected chi connectivity index (χ1v) is 17.8. The van der Waals surface area contributed by atoms with E-state index in [0.29, 0.717) is 24.9 Å². The third-order valence-electron chi connectivity index (χ3n) is 9.09. The maximum atomic E-state index is 5.34. The van der Waals surface area contributed by atoms with Gasteiger partial charge in [0.15, 0.2) is 0 Å². The lowest BCUT2D eigenvalue weighted by Gasteiger charge is -2.21. The van der Waals surface area contributed by atoms with E-state index in [2.05, 4.69) is 168 Å². The van der Waals surface area contributed by atoms with Gasteiger partial charge in [-0.3, -0.25) is 9.97 Å². The third kappa shape index (κ3) is 8.42. The van der Waals surface area contributed by atoms with Crippen molar-refractivity contribution in [2.75, 3.05) is 0 Å². The highest BCUT2D eigenvalue weighted by Crippen LogP contribution is 2.34. The van der Waals surface area contributed by atoms with E-state index in [0.717, 1.165) is 46.7 Å². The quantitative estimate of drug-likeness (QED) is 0.144. The topological polar surface area (TPSA) is 37.8 Å². The molecule has 0 unspecified atom stereocenters. The summed E-state index contributed by atoms with van der Waals surface area (Å²) in [5.41, 5.74) is 16.7. The van der Waals surface area contributed by atoms with Crippen LogP contribution in [0, 0.1) is 25.7 Å². The van der Waals surface area contributed by atoms with E-state index in [-0.39, 0.29) is 0 Å². The second-order valence-electron chi connectivity index (χ2n) is 14.2. The molecule has 0 amide bonds. The van der Waals surface area contributed by atoms with Crippen molar-refractivity contribution in [3.8, 4) is 44.8 Å².